The van der Waals surface area contributed by atoms with E-state index in [1.807, 2.05) is 19.9 Å². The Kier molecular flexibility index (Phi) is 4.35. The minimum atomic E-state index is -0.140. The molecule has 0 saturated carbocycles. The molecule has 0 bridgehead atoms. The number of rotatable bonds is 2. The van der Waals surface area contributed by atoms with Gasteiger partial charge in [-0.15, -0.1) is 0 Å². The number of carbonyl (C=O) groups is 2. The number of hydrogen-bond acceptors (Lipinski definition) is 5. The second-order valence-corrected chi connectivity index (χ2v) is 6.66. The molecule has 1 aliphatic heterocycles. The molecule has 0 spiro atoms. The second kappa shape index (κ2) is 6.83. The molecule has 7 nitrogen and oxygen atoms in total. The maximum absolute atomic E-state index is 12.9. The lowest BCUT2D eigenvalue weighted by molar-refractivity contribution is 0.0518. The van der Waals surface area contributed by atoms with E-state index in [9.17, 15) is 9.59 Å². The molecule has 0 radical (unpaired) electrons. The predicted octanol–water partition coefficient (Wildman–Crippen LogP) is 2.44. The van der Waals surface area contributed by atoms with Crippen LogP contribution in [0.3, 0.4) is 0 Å². The highest BCUT2D eigenvalue weighted by Crippen LogP contribution is 2.17. The van der Waals surface area contributed by atoms with Crippen molar-refractivity contribution in [2.24, 2.45) is 0 Å². The standard InChI is InChI=1S/C20H20N4O3/c1-13-14(2)22-17-12-15(5-6-16(17)21-13)19(25)23-7-9-24(10-8-23)20(26)18-4-3-11-27-18/h3-6,11-12H,7-10H2,1-2H3. The summed E-state index contributed by atoms with van der Waals surface area (Å²) in [5.74, 6) is 0.134. The van der Waals surface area contributed by atoms with Crippen LogP contribution in [0.25, 0.3) is 11.0 Å². The van der Waals surface area contributed by atoms with Crippen LogP contribution in [-0.4, -0.2) is 57.8 Å². The zero-order valence-corrected chi connectivity index (χ0v) is 15.3. The average Bonchev–Trinajstić information content (AvgIpc) is 3.22. The molecule has 4 rings (SSSR count). The van der Waals surface area contributed by atoms with Crippen LogP contribution in [0.15, 0.2) is 41.0 Å². The molecular formula is C20H20N4O3. The van der Waals surface area contributed by atoms with E-state index in [4.69, 9.17) is 4.42 Å². The summed E-state index contributed by atoms with van der Waals surface area (Å²) in [6.07, 6.45) is 1.48. The summed E-state index contributed by atoms with van der Waals surface area (Å²) in [6, 6.07) is 8.75. The molecule has 27 heavy (non-hydrogen) atoms. The van der Waals surface area contributed by atoms with Crippen molar-refractivity contribution in [1.29, 1.82) is 0 Å². The van der Waals surface area contributed by atoms with E-state index >= 15 is 0 Å². The van der Waals surface area contributed by atoms with E-state index in [1.165, 1.54) is 6.26 Å². The second-order valence-electron chi connectivity index (χ2n) is 6.66. The van der Waals surface area contributed by atoms with Gasteiger partial charge in [0.25, 0.3) is 11.8 Å². The molecule has 1 aliphatic rings. The smallest absolute Gasteiger partial charge is 0.289 e. The van der Waals surface area contributed by atoms with E-state index in [-0.39, 0.29) is 11.8 Å². The third kappa shape index (κ3) is 3.28. The van der Waals surface area contributed by atoms with Crippen molar-refractivity contribution in [3.8, 4) is 0 Å². The van der Waals surface area contributed by atoms with E-state index in [0.717, 1.165) is 22.4 Å². The summed E-state index contributed by atoms with van der Waals surface area (Å²) in [5, 5.41) is 0. The predicted molar refractivity (Wildman–Crippen MR) is 99.5 cm³/mol. The molecule has 1 saturated heterocycles. The third-order valence-corrected chi connectivity index (χ3v) is 4.91. The number of amides is 2. The summed E-state index contributed by atoms with van der Waals surface area (Å²) in [7, 11) is 0. The fourth-order valence-electron chi connectivity index (χ4n) is 3.22. The number of carbonyl (C=O) groups excluding carboxylic acids is 2. The third-order valence-electron chi connectivity index (χ3n) is 4.91. The molecule has 0 aliphatic carbocycles. The Balaban J connectivity index is 1.47. The molecule has 3 aromatic rings. The number of nitrogens with zero attached hydrogens (tertiary/aromatic N) is 4. The molecule has 2 aromatic heterocycles. The number of piperazine rings is 1. The lowest BCUT2D eigenvalue weighted by Gasteiger charge is -2.34. The number of benzene rings is 1. The zero-order valence-electron chi connectivity index (χ0n) is 15.3. The SMILES string of the molecule is Cc1nc2ccc(C(=O)N3CCN(C(=O)c4ccco4)CC3)cc2nc1C. The lowest BCUT2D eigenvalue weighted by atomic mass is 10.1. The van der Waals surface area contributed by atoms with Crippen LogP contribution in [0.4, 0.5) is 0 Å². The first-order valence-electron chi connectivity index (χ1n) is 8.90. The molecule has 138 valence electrons. The van der Waals surface area contributed by atoms with Gasteiger partial charge in [-0.1, -0.05) is 0 Å². The lowest BCUT2D eigenvalue weighted by Crippen LogP contribution is -2.50. The van der Waals surface area contributed by atoms with Crippen molar-refractivity contribution in [3.63, 3.8) is 0 Å². The first-order valence-corrected chi connectivity index (χ1v) is 8.90. The number of furan rings is 1. The van der Waals surface area contributed by atoms with Crippen molar-refractivity contribution in [2.75, 3.05) is 26.2 Å². The largest absolute Gasteiger partial charge is 0.459 e. The van der Waals surface area contributed by atoms with E-state index in [1.54, 1.807) is 34.1 Å². The van der Waals surface area contributed by atoms with Gasteiger partial charge in [-0.25, -0.2) is 9.97 Å². The molecule has 7 heteroatoms. The maximum Gasteiger partial charge on any atom is 0.289 e. The number of aryl methyl sites for hydroxylation is 2. The van der Waals surface area contributed by atoms with Crippen molar-refractivity contribution in [1.82, 2.24) is 19.8 Å². The van der Waals surface area contributed by atoms with Crippen LogP contribution in [0.2, 0.25) is 0 Å². The van der Waals surface area contributed by atoms with Gasteiger partial charge in [0.2, 0.25) is 0 Å². The van der Waals surface area contributed by atoms with Gasteiger partial charge in [0, 0.05) is 31.7 Å². The van der Waals surface area contributed by atoms with Gasteiger partial charge in [-0.05, 0) is 44.2 Å². The normalized spacial score (nSPS) is 14.6. The molecule has 0 unspecified atom stereocenters. The first-order chi connectivity index (χ1) is 13.0. The fraction of sp³-hybridized carbons (Fsp3) is 0.300. The van der Waals surface area contributed by atoms with Crippen LogP contribution in [0.5, 0.6) is 0 Å². The first kappa shape index (κ1) is 17.2. The maximum atomic E-state index is 12.9. The van der Waals surface area contributed by atoms with Crippen molar-refractivity contribution in [3.05, 3.63) is 59.3 Å². The van der Waals surface area contributed by atoms with Gasteiger partial charge in [-0.3, -0.25) is 9.59 Å². The summed E-state index contributed by atoms with van der Waals surface area (Å²) < 4.78 is 5.17. The quantitative estimate of drug-likeness (QED) is 0.698. The number of aromatic nitrogens is 2. The molecular weight excluding hydrogens is 344 g/mol. The Labute approximate surface area is 156 Å². The molecule has 3 heterocycles. The monoisotopic (exact) mass is 364 g/mol. The molecule has 1 aromatic carbocycles. The van der Waals surface area contributed by atoms with Gasteiger partial charge >= 0.3 is 0 Å². The summed E-state index contributed by atoms with van der Waals surface area (Å²) in [5.41, 5.74) is 3.83. The molecule has 2 amide bonds. The van der Waals surface area contributed by atoms with Gasteiger partial charge in [0.1, 0.15) is 0 Å². The van der Waals surface area contributed by atoms with E-state index in [2.05, 4.69) is 9.97 Å². The van der Waals surface area contributed by atoms with Gasteiger partial charge in [-0.2, -0.15) is 0 Å². The van der Waals surface area contributed by atoms with Crippen LogP contribution in [0, 0.1) is 13.8 Å². The minimum absolute atomic E-state index is 0.0537. The topological polar surface area (TPSA) is 79.5 Å². The Morgan fingerprint density at radius 2 is 1.52 bits per heavy atom. The average molecular weight is 364 g/mol. The van der Waals surface area contributed by atoms with Crippen molar-refractivity contribution >= 4 is 22.8 Å². The van der Waals surface area contributed by atoms with Gasteiger partial charge in [0.05, 0.1) is 28.7 Å². The molecule has 1 fully saturated rings. The summed E-state index contributed by atoms with van der Waals surface area (Å²) in [4.78, 5) is 37.7. The summed E-state index contributed by atoms with van der Waals surface area (Å²) in [6.45, 7) is 5.77. The van der Waals surface area contributed by atoms with Crippen LogP contribution in [-0.2, 0) is 0 Å². The molecule has 0 N–H and O–H groups in total. The van der Waals surface area contributed by atoms with Crippen molar-refractivity contribution in [2.45, 2.75) is 13.8 Å². The highest BCUT2D eigenvalue weighted by Gasteiger charge is 2.26. The Bertz CT molecular complexity index is 1010. The van der Waals surface area contributed by atoms with Crippen LogP contribution < -0.4 is 0 Å². The number of hydrogen-bond donors (Lipinski definition) is 0. The van der Waals surface area contributed by atoms with E-state index < -0.39 is 0 Å². The van der Waals surface area contributed by atoms with E-state index in [0.29, 0.717) is 37.5 Å². The Morgan fingerprint density at radius 1 is 0.889 bits per heavy atom. The van der Waals surface area contributed by atoms with Crippen molar-refractivity contribution < 1.29 is 14.0 Å². The van der Waals surface area contributed by atoms with Gasteiger partial charge in [0.15, 0.2) is 5.76 Å². The fourth-order valence-corrected chi connectivity index (χ4v) is 3.22. The Hall–Kier alpha value is -3.22. The van der Waals surface area contributed by atoms with Crippen LogP contribution in [0.1, 0.15) is 32.3 Å². The molecule has 0 atom stereocenters. The Morgan fingerprint density at radius 3 is 2.15 bits per heavy atom. The van der Waals surface area contributed by atoms with Gasteiger partial charge < -0.3 is 14.2 Å². The highest BCUT2D eigenvalue weighted by atomic mass is 16.3. The highest BCUT2D eigenvalue weighted by molar-refractivity contribution is 5.97. The zero-order chi connectivity index (χ0) is 19.0. The number of fused-ring (bicyclic) bond motifs is 1. The summed E-state index contributed by atoms with van der Waals surface area (Å²) >= 11 is 0. The van der Waals surface area contributed by atoms with Crippen LogP contribution >= 0.6 is 0 Å². The minimum Gasteiger partial charge on any atom is -0.459 e.